The Kier molecular flexibility index (Phi) is 6.99. The number of rotatable bonds is 9. The fourth-order valence-corrected chi connectivity index (χ4v) is 3.26. The molecule has 0 amide bonds. The minimum Gasteiger partial charge on any atom is -0.493 e. The molecular weight excluding hydrogens is 292 g/mol. The maximum atomic E-state index is 5.41. The number of benzene rings is 1. The van der Waals surface area contributed by atoms with Crippen LogP contribution in [-0.2, 0) is 6.54 Å². The average molecular weight is 322 g/mol. The summed E-state index contributed by atoms with van der Waals surface area (Å²) in [6.07, 6.45) is 3.86. The number of likely N-dealkylation sites (tertiary alicyclic amines) is 1. The van der Waals surface area contributed by atoms with Crippen LogP contribution in [0.15, 0.2) is 12.1 Å². The molecule has 5 heteroatoms. The van der Waals surface area contributed by atoms with Gasteiger partial charge in [-0.1, -0.05) is 6.92 Å². The number of nitrogens with one attached hydrogen (secondary N) is 1. The van der Waals surface area contributed by atoms with Crippen molar-refractivity contribution in [3.05, 3.63) is 17.7 Å². The molecule has 1 saturated heterocycles. The predicted molar refractivity (Wildman–Crippen MR) is 92.7 cm³/mol. The molecule has 2 rings (SSSR count). The third kappa shape index (κ3) is 4.52. The molecule has 130 valence electrons. The lowest BCUT2D eigenvalue weighted by molar-refractivity contribution is 0.229. The van der Waals surface area contributed by atoms with E-state index in [-0.39, 0.29) is 0 Å². The largest absolute Gasteiger partial charge is 0.493 e. The SMILES string of the molecule is CCC(CNCc1cc(OC)c(OC)c(OC)c1)N1CCCC1. The smallest absolute Gasteiger partial charge is 0.203 e. The Bertz CT molecular complexity index is 462. The van der Waals surface area contributed by atoms with E-state index in [0.29, 0.717) is 23.3 Å². The topological polar surface area (TPSA) is 43.0 Å². The maximum absolute atomic E-state index is 5.41. The molecule has 1 aliphatic rings. The monoisotopic (exact) mass is 322 g/mol. The molecule has 1 aliphatic heterocycles. The highest BCUT2D eigenvalue weighted by atomic mass is 16.5. The highest BCUT2D eigenvalue weighted by molar-refractivity contribution is 5.53. The average Bonchev–Trinajstić information content (AvgIpc) is 3.12. The summed E-state index contributed by atoms with van der Waals surface area (Å²) in [5.74, 6) is 2.05. The van der Waals surface area contributed by atoms with Crippen molar-refractivity contribution >= 4 is 0 Å². The first-order valence-corrected chi connectivity index (χ1v) is 8.47. The second kappa shape index (κ2) is 8.99. The summed E-state index contributed by atoms with van der Waals surface area (Å²) < 4.78 is 16.2. The van der Waals surface area contributed by atoms with Gasteiger partial charge < -0.3 is 19.5 Å². The van der Waals surface area contributed by atoms with Crippen molar-refractivity contribution in [2.24, 2.45) is 0 Å². The summed E-state index contributed by atoms with van der Waals surface area (Å²) >= 11 is 0. The Morgan fingerprint density at radius 3 is 2.13 bits per heavy atom. The first kappa shape index (κ1) is 17.9. The zero-order valence-electron chi connectivity index (χ0n) is 14.9. The first-order chi connectivity index (χ1) is 11.2. The van der Waals surface area contributed by atoms with Crippen molar-refractivity contribution in [3.63, 3.8) is 0 Å². The molecular formula is C18H30N2O3. The molecule has 1 heterocycles. The molecule has 0 aromatic heterocycles. The second-order valence-corrected chi connectivity index (χ2v) is 5.97. The van der Waals surface area contributed by atoms with Gasteiger partial charge in [-0.3, -0.25) is 4.90 Å². The van der Waals surface area contributed by atoms with Gasteiger partial charge in [-0.2, -0.15) is 0 Å². The Balaban J connectivity index is 1.96. The highest BCUT2D eigenvalue weighted by Gasteiger charge is 2.20. The molecule has 1 aromatic rings. The fraction of sp³-hybridized carbons (Fsp3) is 0.667. The van der Waals surface area contributed by atoms with Crippen LogP contribution in [0.3, 0.4) is 0 Å². The standard InChI is InChI=1S/C18H30N2O3/c1-5-15(20-8-6-7-9-20)13-19-12-14-10-16(21-2)18(23-4)17(11-14)22-3/h10-11,15,19H,5-9,12-13H2,1-4H3. The molecule has 1 unspecified atom stereocenters. The van der Waals surface area contributed by atoms with Crippen molar-refractivity contribution < 1.29 is 14.2 Å². The van der Waals surface area contributed by atoms with Gasteiger partial charge in [-0.05, 0) is 50.0 Å². The quantitative estimate of drug-likeness (QED) is 0.757. The molecule has 1 N–H and O–H groups in total. The van der Waals surface area contributed by atoms with Gasteiger partial charge >= 0.3 is 0 Å². The van der Waals surface area contributed by atoms with E-state index in [0.717, 1.165) is 18.7 Å². The fourth-order valence-electron chi connectivity index (χ4n) is 3.26. The van der Waals surface area contributed by atoms with Gasteiger partial charge in [0.25, 0.3) is 0 Å². The van der Waals surface area contributed by atoms with Crippen molar-refractivity contribution in [3.8, 4) is 17.2 Å². The van der Waals surface area contributed by atoms with Crippen LogP contribution in [-0.4, -0.2) is 51.9 Å². The molecule has 23 heavy (non-hydrogen) atoms. The van der Waals surface area contributed by atoms with E-state index in [1.165, 1.54) is 32.4 Å². The molecule has 1 fully saturated rings. The normalized spacial score (nSPS) is 16.3. The van der Waals surface area contributed by atoms with Crippen LogP contribution >= 0.6 is 0 Å². The summed E-state index contributed by atoms with van der Waals surface area (Å²) in [5.41, 5.74) is 1.13. The number of methoxy groups -OCH3 is 3. The Labute approximate surface area is 139 Å². The van der Waals surface area contributed by atoms with Gasteiger partial charge in [0.15, 0.2) is 11.5 Å². The van der Waals surface area contributed by atoms with E-state index in [1.54, 1.807) is 21.3 Å². The van der Waals surface area contributed by atoms with Crippen molar-refractivity contribution in [2.75, 3.05) is 41.0 Å². The number of hydrogen-bond donors (Lipinski definition) is 1. The number of ether oxygens (including phenoxy) is 3. The van der Waals surface area contributed by atoms with Gasteiger partial charge in [-0.15, -0.1) is 0 Å². The molecule has 0 bridgehead atoms. The van der Waals surface area contributed by atoms with Crippen molar-refractivity contribution in [1.82, 2.24) is 10.2 Å². The molecule has 0 saturated carbocycles. The van der Waals surface area contributed by atoms with E-state index >= 15 is 0 Å². The van der Waals surface area contributed by atoms with E-state index in [1.807, 2.05) is 12.1 Å². The molecule has 5 nitrogen and oxygen atoms in total. The Morgan fingerprint density at radius 1 is 1.04 bits per heavy atom. The van der Waals surface area contributed by atoms with Gasteiger partial charge in [0.2, 0.25) is 5.75 Å². The predicted octanol–water partition coefficient (Wildman–Crippen LogP) is 2.68. The molecule has 1 aromatic carbocycles. The molecule has 0 aliphatic carbocycles. The maximum Gasteiger partial charge on any atom is 0.203 e. The molecule has 1 atom stereocenters. The van der Waals surface area contributed by atoms with Crippen LogP contribution in [0, 0.1) is 0 Å². The summed E-state index contributed by atoms with van der Waals surface area (Å²) in [7, 11) is 4.92. The van der Waals surface area contributed by atoms with E-state index < -0.39 is 0 Å². The summed E-state index contributed by atoms with van der Waals surface area (Å²) in [4.78, 5) is 2.60. The molecule has 0 spiro atoms. The molecule has 0 radical (unpaired) electrons. The van der Waals surface area contributed by atoms with Crippen LogP contribution in [0.5, 0.6) is 17.2 Å². The van der Waals surface area contributed by atoms with Crippen molar-refractivity contribution in [2.45, 2.75) is 38.8 Å². The van der Waals surface area contributed by atoms with Gasteiger partial charge in [0.1, 0.15) is 0 Å². The lowest BCUT2D eigenvalue weighted by Crippen LogP contribution is -2.40. The summed E-state index contributed by atoms with van der Waals surface area (Å²) in [5, 5.41) is 3.58. The minimum absolute atomic E-state index is 0.625. The van der Waals surface area contributed by atoms with Crippen LogP contribution in [0.1, 0.15) is 31.7 Å². The van der Waals surface area contributed by atoms with Gasteiger partial charge in [0.05, 0.1) is 21.3 Å². The second-order valence-electron chi connectivity index (χ2n) is 5.97. The summed E-state index contributed by atoms with van der Waals surface area (Å²) in [6.45, 7) is 6.55. The van der Waals surface area contributed by atoms with Gasteiger partial charge in [0, 0.05) is 19.1 Å². The van der Waals surface area contributed by atoms with Gasteiger partial charge in [-0.25, -0.2) is 0 Å². The lowest BCUT2D eigenvalue weighted by atomic mass is 10.1. The first-order valence-electron chi connectivity index (χ1n) is 8.47. The van der Waals surface area contributed by atoms with E-state index in [4.69, 9.17) is 14.2 Å². The third-order valence-corrected chi connectivity index (χ3v) is 4.56. The van der Waals surface area contributed by atoms with Crippen LogP contribution < -0.4 is 19.5 Å². The Morgan fingerprint density at radius 2 is 1.65 bits per heavy atom. The lowest BCUT2D eigenvalue weighted by Gasteiger charge is -2.26. The summed E-state index contributed by atoms with van der Waals surface area (Å²) in [6, 6.07) is 4.63. The zero-order chi connectivity index (χ0) is 16.7. The third-order valence-electron chi connectivity index (χ3n) is 4.56. The van der Waals surface area contributed by atoms with Crippen LogP contribution in [0.25, 0.3) is 0 Å². The number of nitrogens with zero attached hydrogens (tertiary/aromatic N) is 1. The van der Waals surface area contributed by atoms with Crippen molar-refractivity contribution in [1.29, 1.82) is 0 Å². The van der Waals surface area contributed by atoms with Crippen LogP contribution in [0.4, 0.5) is 0 Å². The van der Waals surface area contributed by atoms with E-state index in [2.05, 4.69) is 17.1 Å². The Hall–Kier alpha value is -1.46. The minimum atomic E-state index is 0.625. The zero-order valence-corrected chi connectivity index (χ0v) is 14.9. The highest BCUT2D eigenvalue weighted by Crippen LogP contribution is 2.38. The van der Waals surface area contributed by atoms with E-state index in [9.17, 15) is 0 Å². The van der Waals surface area contributed by atoms with Crippen LogP contribution in [0.2, 0.25) is 0 Å². The number of hydrogen-bond acceptors (Lipinski definition) is 5.